The van der Waals surface area contributed by atoms with Crippen LogP contribution in [0.4, 0.5) is 5.69 Å². The van der Waals surface area contributed by atoms with Gasteiger partial charge in [-0.1, -0.05) is 23.8 Å². The average Bonchev–Trinajstić information content (AvgIpc) is 3.02. The molecule has 0 saturated carbocycles. The molecule has 0 atom stereocenters. The van der Waals surface area contributed by atoms with Crippen LogP contribution in [0, 0.1) is 30.9 Å². The van der Waals surface area contributed by atoms with Crippen LogP contribution in [0.25, 0.3) is 11.5 Å². The number of rotatable bonds is 5. The van der Waals surface area contributed by atoms with Crippen molar-refractivity contribution >= 4 is 5.69 Å². The van der Waals surface area contributed by atoms with Gasteiger partial charge in [0.15, 0.2) is 5.75 Å². The Bertz CT molecular complexity index is 931. The maximum atomic E-state index is 11.1. The number of oxazole rings is 1. The highest BCUT2D eigenvalue weighted by molar-refractivity contribution is 5.59. The lowest BCUT2D eigenvalue weighted by Crippen LogP contribution is -2.00. The number of nitrogens with zero attached hydrogens (tertiary/aromatic N) is 2. The molecule has 0 aliphatic rings. The van der Waals surface area contributed by atoms with Crippen LogP contribution in [-0.2, 0) is 6.61 Å². The van der Waals surface area contributed by atoms with Crippen molar-refractivity contribution < 1.29 is 14.1 Å². The number of nitro benzene ring substituents is 1. The summed E-state index contributed by atoms with van der Waals surface area (Å²) >= 11 is 0. The molecule has 6 heteroatoms. The lowest BCUT2D eigenvalue weighted by Gasteiger charge is -2.05. The fraction of sp³-hybridized carbons (Fsp3) is 0.211. The third-order valence-corrected chi connectivity index (χ3v) is 3.85. The summed E-state index contributed by atoms with van der Waals surface area (Å²) in [5, 5.41) is 11.1. The molecule has 0 unspecified atom stereocenters. The molecule has 3 aromatic rings. The van der Waals surface area contributed by atoms with Gasteiger partial charge in [0.2, 0.25) is 5.89 Å². The number of hydrogen-bond donors (Lipinski definition) is 0. The molecule has 128 valence electrons. The topological polar surface area (TPSA) is 78.4 Å². The summed E-state index contributed by atoms with van der Waals surface area (Å²) in [6.07, 6.45) is 1.51. The lowest BCUT2D eigenvalue weighted by molar-refractivity contribution is -0.386. The van der Waals surface area contributed by atoms with Crippen LogP contribution in [0.5, 0.6) is 5.75 Å². The van der Waals surface area contributed by atoms with E-state index in [9.17, 15) is 10.1 Å². The predicted octanol–water partition coefficient (Wildman–Crippen LogP) is 4.75. The van der Waals surface area contributed by atoms with Gasteiger partial charge in [-0.25, -0.2) is 4.98 Å². The second-order valence-electron chi connectivity index (χ2n) is 5.98. The van der Waals surface area contributed by atoms with E-state index < -0.39 is 4.92 Å². The molecule has 0 fully saturated rings. The summed E-state index contributed by atoms with van der Waals surface area (Å²) < 4.78 is 11.1. The molecule has 0 amide bonds. The van der Waals surface area contributed by atoms with E-state index in [4.69, 9.17) is 9.15 Å². The quantitative estimate of drug-likeness (QED) is 0.495. The molecule has 6 nitrogen and oxygen atoms in total. The average molecular weight is 338 g/mol. The van der Waals surface area contributed by atoms with E-state index in [2.05, 4.69) is 11.1 Å². The van der Waals surface area contributed by atoms with Crippen molar-refractivity contribution in [2.45, 2.75) is 27.4 Å². The molecule has 0 aliphatic heterocycles. The first-order chi connectivity index (χ1) is 11.9. The number of benzene rings is 2. The van der Waals surface area contributed by atoms with E-state index in [0.717, 1.165) is 16.7 Å². The molecule has 25 heavy (non-hydrogen) atoms. The Morgan fingerprint density at radius 3 is 2.56 bits per heavy atom. The van der Waals surface area contributed by atoms with Crippen molar-refractivity contribution in [3.05, 3.63) is 75.2 Å². The molecule has 0 bridgehead atoms. The predicted molar refractivity (Wildman–Crippen MR) is 93.6 cm³/mol. The van der Waals surface area contributed by atoms with Crippen LogP contribution in [-0.4, -0.2) is 9.91 Å². The smallest absolute Gasteiger partial charge is 0.311 e. The summed E-state index contributed by atoms with van der Waals surface area (Å²) in [6.45, 7) is 5.92. The third kappa shape index (κ3) is 3.68. The fourth-order valence-corrected chi connectivity index (χ4v) is 2.59. The second kappa shape index (κ2) is 6.76. The van der Waals surface area contributed by atoms with Gasteiger partial charge in [-0.3, -0.25) is 10.1 Å². The van der Waals surface area contributed by atoms with E-state index >= 15 is 0 Å². The largest absolute Gasteiger partial charge is 0.480 e. The zero-order valence-corrected chi connectivity index (χ0v) is 14.3. The van der Waals surface area contributed by atoms with Gasteiger partial charge in [0.25, 0.3) is 0 Å². The summed E-state index contributed by atoms with van der Waals surface area (Å²) in [7, 11) is 0. The highest BCUT2D eigenvalue weighted by Gasteiger charge is 2.16. The number of aryl methyl sites for hydroxylation is 3. The monoisotopic (exact) mass is 338 g/mol. The summed E-state index contributed by atoms with van der Waals surface area (Å²) in [4.78, 5) is 15.1. The molecule has 0 N–H and O–H groups in total. The minimum absolute atomic E-state index is 0.0573. The molecule has 1 aromatic heterocycles. The molecule has 3 rings (SSSR count). The highest BCUT2D eigenvalue weighted by atomic mass is 16.6. The van der Waals surface area contributed by atoms with Gasteiger partial charge in [-0.15, -0.1) is 0 Å². The first-order valence-corrected chi connectivity index (χ1v) is 7.84. The van der Waals surface area contributed by atoms with Gasteiger partial charge in [0, 0.05) is 11.6 Å². The van der Waals surface area contributed by atoms with Crippen LogP contribution in [0.2, 0.25) is 0 Å². The van der Waals surface area contributed by atoms with E-state index in [0.29, 0.717) is 11.6 Å². The minimum atomic E-state index is -0.452. The molecular formula is C19H18N2O4. The molecule has 2 aromatic carbocycles. The summed E-state index contributed by atoms with van der Waals surface area (Å²) in [5.41, 5.74) is 4.48. The van der Waals surface area contributed by atoms with Crippen LogP contribution < -0.4 is 4.74 Å². The van der Waals surface area contributed by atoms with Crippen LogP contribution in [0.1, 0.15) is 22.4 Å². The summed E-state index contributed by atoms with van der Waals surface area (Å²) in [5.74, 6) is 0.723. The Balaban J connectivity index is 1.78. The maximum absolute atomic E-state index is 11.1. The molecule has 0 spiro atoms. The molecule has 0 aliphatic carbocycles. The second-order valence-corrected chi connectivity index (χ2v) is 5.98. The number of aromatic nitrogens is 1. The van der Waals surface area contributed by atoms with E-state index in [1.165, 1.54) is 17.9 Å². The van der Waals surface area contributed by atoms with Gasteiger partial charge in [0.05, 0.1) is 4.92 Å². The number of nitro groups is 1. The van der Waals surface area contributed by atoms with Crippen molar-refractivity contribution in [1.82, 2.24) is 4.98 Å². The van der Waals surface area contributed by atoms with E-state index in [1.807, 2.05) is 26.0 Å². The Hall–Kier alpha value is -3.15. The van der Waals surface area contributed by atoms with Crippen molar-refractivity contribution in [2.24, 2.45) is 0 Å². The van der Waals surface area contributed by atoms with Crippen molar-refractivity contribution in [3.8, 4) is 17.2 Å². The van der Waals surface area contributed by atoms with Gasteiger partial charge in [-0.2, -0.15) is 0 Å². The first-order valence-electron chi connectivity index (χ1n) is 7.84. The lowest BCUT2D eigenvalue weighted by atomic mass is 10.1. The number of hydrogen-bond acceptors (Lipinski definition) is 5. The Morgan fingerprint density at radius 2 is 1.84 bits per heavy atom. The number of ether oxygens (including phenoxy) is 1. The Labute approximate surface area is 145 Å². The molecule has 0 radical (unpaired) electrons. The highest BCUT2D eigenvalue weighted by Crippen LogP contribution is 2.29. The molecular weight excluding hydrogens is 320 g/mol. The third-order valence-electron chi connectivity index (χ3n) is 3.85. The zero-order chi connectivity index (χ0) is 18.0. The fourth-order valence-electron chi connectivity index (χ4n) is 2.59. The Kier molecular flexibility index (Phi) is 4.52. The maximum Gasteiger partial charge on any atom is 0.311 e. The van der Waals surface area contributed by atoms with Gasteiger partial charge in [-0.05, 0) is 44.0 Å². The summed E-state index contributed by atoms with van der Waals surface area (Å²) in [6, 6.07) is 10.9. The van der Waals surface area contributed by atoms with Crippen LogP contribution in [0.3, 0.4) is 0 Å². The molecule has 1 heterocycles. The molecule has 0 saturated heterocycles. The van der Waals surface area contributed by atoms with Crippen LogP contribution in [0.15, 0.2) is 47.1 Å². The normalized spacial score (nSPS) is 10.7. The van der Waals surface area contributed by atoms with E-state index in [1.54, 1.807) is 19.1 Å². The Morgan fingerprint density at radius 1 is 1.12 bits per heavy atom. The zero-order valence-electron chi connectivity index (χ0n) is 14.3. The van der Waals surface area contributed by atoms with Gasteiger partial charge in [0.1, 0.15) is 18.6 Å². The van der Waals surface area contributed by atoms with Gasteiger partial charge >= 0.3 is 5.69 Å². The van der Waals surface area contributed by atoms with E-state index in [-0.39, 0.29) is 18.0 Å². The SMILES string of the molecule is Cc1ccc(-c2nc(COc3ccc(C)cc3[N+](=O)[O-])co2)c(C)c1. The first kappa shape index (κ1) is 16.7. The van der Waals surface area contributed by atoms with Crippen LogP contribution >= 0.6 is 0 Å². The van der Waals surface area contributed by atoms with Crippen molar-refractivity contribution in [2.75, 3.05) is 0 Å². The van der Waals surface area contributed by atoms with Gasteiger partial charge < -0.3 is 9.15 Å². The van der Waals surface area contributed by atoms with Crippen molar-refractivity contribution in [3.63, 3.8) is 0 Å². The van der Waals surface area contributed by atoms with Crippen molar-refractivity contribution in [1.29, 1.82) is 0 Å². The standard InChI is InChI=1S/C19H18N2O4/c1-12-4-6-16(14(3)8-12)19-20-15(11-25-19)10-24-18-7-5-13(2)9-17(18)21(22)23/h4-9,11H,10H2,1-3H3. The minimum Gasteiger partial charge on any atom is -0.480 e.